The molecule has 9 heteroatoms. The summed E-state index contributed by atoms with van der Waals surface area (Å²) in [5.74, 6) is -1.31. The lowest BCUT2D eigenvalue weighted by atomic mass is 10.1. The predicted molar refractivity (Wildman–Crippen MR) is 120 cm³/mol. The number of halogens is 1. The highest BCUT2D eigenvalue weighted by Crippen LogP contribution is 2.24. The summed E-state index contributed by atoms with van der Waals surface area (Å²) in [5, 5.41) is 8.95. The van der Waals surface area contributed by atoms with Crippen molar-refractivity contribution in [1.82, 2.24) is 10.2 Å². The van der Waals surface area contributed by atoms with E-state index < -0.39 is 11.8 Å². The first-order valence-electron chi connectivity index (χ1n) is 10.1. The van der Waals surface area contributed by atoms with Crippen molar-refractivity contribution in [3.8, 4) is 0 Å². The van der Waals surface area contributed by atoms with E-state index in [0.29, 0.717) is 28.4 Å². The Morgan fingerprint density at radius 1 is 1.12 bits per heavy atom. The number of amides is 4. The van der Waals surface area contributed by atoms with Crippen LogP contribution < -0.4 is 16.0 Å². The minimum absolute atomic E-state index is 0.0883. The lowest BCUT2D eigenvalue weighted by Crippen LogP contribution is -2.50. The number of nitrogens with one attached hydrogen (secondary N) is 3. The molecule has 0 aromatic heterocycles. The van der Waals surface area contributed by atoms with Crippen LogP contribution in [-0.2, 0) is 14.4 Å². The van der Waals surface area contributed by atoms with Gasteiger partial charge in [0.25, 0.3) is 17.7 Å². The van der Waals surface area contributed by atoms with Gasteiger partial charge < -0.3 is 16.0 Å². The van der Waals surface area contributed by atoms with Crippen LogP contribution in [0.15, 0.2) is 54.2 Å². The van der Waals surface area contributed by atoms with Crippen LogP contribution in [0.3, 0.4) is 0 Å². The van der Waals surface area contributed by atoms with Crippen molar-refractivity contribution in [3.05, 3.63) is 70.4 Å². The summed E-state index contributed by atoms with van der Waals surface area (Å²) in [5.41, 5.74) is 2.46. The highest BCUT2D eigenvalue weighted by atomic mass is 35.5. The number of benzene rings is 2. The number of anilines is 2. The zero-order valence-corrected chi connectivity index (χ0v) is 18.0. The van der Waals surface area contributed by atoms with Crippen LogP contribution in [0.5, 0.6) is 0 Å². The number of rotatable bonds is 5. The SMILES string of the molecule is Cc1ccc(NC(=O)c2cccc(NC3=CC(=O)N(C4CCC(=O)NC4)C3=O)c2)cc1Cl. The van der Waals surface area contributed by atoms with E-state index in [9.17, 15) is 19.2 Å². The molecule has 1 atom stereocenters. The van der Waals surface area contributed by atoms with Crippen LogP contribution in [0.25, 0.3) is 0 Å². The molecule has 3 N–H and O–H groups in total. The average molecular weight is 453 g/mol. The molecule has 2 aliphatic heterocycles. The van der Waals surface area contributed by atoms with Gasteiger partial charge in [0.05, 0.1) is 6.04 Å². The fraction of sp³-hybridized carbons (Fsp3) is 0.217. The molecule has 0 saturated carbocycles. The van der Waals surface area contributed by atoms with Crippen molar-refractivity contribution in [1.29, 1.82) is 0 Å². The van der Waals surface area contributed by atoms with Crippen LogP contribution in [0, 0.1) is 6.92 Å². The summed E-state index contributed by atoms with van der Waals surface area (Å²) < 4.78 is 0. The topological polar surface area (TPSA) is 108 Å². The first-order chi connectivity index (χ1) is 15.3. The Kier molecular flexibility index (Phi) is 5.96. The second-order valence-corrected chi connectivity index (χ2v) is 8.10. The Labute approximate surface area is 189 Å². The van der Waals surface area contributed by atoms with Gasteiger partial charge in [0, 0.05) is 41.0 Å². The smallest absolute Gasteiger partial charge is 0.277 e. The Hall–Kier alpha value is -3.65. The Morgan fingerprint density at radius 2 is 1.94 bits per heavy atom. The minimum Gasteiger partial charge on any atom is -0.354 e. The van der Waals surface area contributed by atoms with Gasteiger partial charge in [-0.2, -0.15) is 0 Å². The van der Waals surface area contributed by atoms with E-state index in [-0.39, 0.29) is 36.5 Å². The maximum Gasteiger partial charge on any atom is 0.277 e. The molecule has 1 fully saturated rings. The maximum absolute atomic E-state index is 12.8. The zero-order valence-electron chi connectivity index (χ0n) is 17.3. The third-order valence-corrected chi connectivity index (χ3v) is 5.80. The van der Waals surface area contributed by atoms with Gasteiger partial charge in [0.1, 0.15) is 5.70 Å². The van der Waals surface area contributed by atoms with Gasteiger partial charge >= 0.3 is 0 Å². The average Bonchev–Trinajstić information content (AvgIpc) is 3.04. The molecule has 4 rings (SSSR count). The van der Waals surface area contributed by atoms with Crippen molar-refractivity contribution >= 4 is 46.6 Å². The molecule has 32 heavy (non-hydrogen) atoms. The highest BCUT2D eigenvalue weighted by Gasteiger charge is 2.38. The molecule has 2 aliphatic rings. The van der Waals surface area contributed by atoms with Crippen LogP contribution >= 0.6 is 11.6 Å². The number of nitrogens with zero attached hydrogens (tertiary/aromatic N) is 1. The van der Waals surface area contributed by atoms with Gasteiger partial charge in [-0.1, -0.05) is 23.7 Å². The van der Waals surface area contributed by atoms with Gasteiger partial charge in [-0.25, -0.2) is 0 Å². The molecule has 1 unspecified atom stereocenters. The molecule has 1 saturated heterocycles. The summed E-state index contributed by atoms with van der Waals surface area (Å²) >= 11 is 6.11. The standard InChI is InChI=1S/C23H21ClN4O4/c1-13-5-6-16(10-18(13)24)27-22(31)14-3-2-4-15(9-14)26-19-11-21(30)28(23(19)32)17-7-8-20(29)25-12-17/h2-6,9-11,17,26H,7-8,12H2,1H3,(H,25,29)(H,27,31). The Morgan fingerprint density at radius 3 is 2.66 bits per heavy atom. The predicted octanol–water partition coefficient (Wildman–Crippen LogP) is 2.84. The second kappa shape index (κ2) is 8.84. The van der Waals surface area contributed by atoms with Gasteiger partial charge in [-0.3, -0.25) is 24.1 Å². The third-order valence-electron chi connectivity index (χ3n) is 5.39. The van der Waals surface area contributed by atoms with Gasteiger partial charge in [-0.05, 0) is 49.2 Å². The number of carbonyl (C=O) groups is 4. The maximum atomic E-state index is 12.8. The zero-order chi connectivity index (χ0) is 22.8. The molecule has 164 valence electrons. The van der Waals surface area contributed by atoms with Crippen molar-refractivity contribution in [2.75, 3.05) is 17.2 Å². The molecule has 0 radical (unpaired) electrons. The van der Waals surface area contributed by atoms with Crippen LogP contribution in [0.1, 0.15) is 28.8 Å². The third kappa shape index (κ3) is 4.50. The fourth-order valence-electron chi connectivity index (χ4n) is 3.63. The van der Waals surface area contributed by atoms with Crippen molar-refractivity contribution in [3.63, 3.8) is 0 Å². The number of piperidine rings is 1. The summed E-state index contributed by atoms with van der Waals surface area (Å²) in [6.45, 7) is 2.12. The summed E-state index contributed by atoms with van der Waals surface area (Å²) in [4.78, 5) is 50.4. The van der Waals surface area contributed by atoms with E-state index in [1.165, 1.54) is 11.0 Å². The molecule has 2 aromatic rings. The first-order valence-corrected chi connectivity index (χ1v) is 10.5. The van der Waals surface area contributed by atoms with Crippen LogP contribution in [0.4, 0.5) is 11.4 Å². The monoisotopic (exact) mass is 452 g/mol. The van der Waals surface area contributed by atoms with E-state index in [1.54, 1.807) is 36.4 Å². The molecule has 2 heterocycles. The highest BCUT2D eigenvalue weighted by molar-refractivity contribution is 6.31. The summed E-state index contributed by atoms with van der Waals surface area (Å²) in [6, 6.07) is 11.5. The van der Waals surface area contributed by atoms with Crippen molar-refractivity contribution in [2.45, 2.75) is 25.8 Å². The largest absolute Gasteiger partial charge is 0.354 e. The lowest BCUT2D eigenvalue weighted by Gasteiger charge is -2.29. The fourth-order valence-corrected chi connectivity index (χ4v) is 3.81. The number of hydrogen-bond acceptors (Lipinski definition) is 5. The second-order valence-electron chi connectivity index (χ2n) is 7.69. The molecule has 8 nitrogen and oxygen atoms in total. The summed E-state index contributed by atoms with van der Waals surface area (Å²) in [7, 11) is 0. The van der Waals surface area contributed by atoms with E-state index >= 15 is 0 Å². The van der Waals surface area contributed by atoms with Crippen LogP contribution in [0.2, 0.25) is 5.02 Å². The number of carbonyl (C=O) groups excluding carboxylic acids is 4. The number of hydrogen-bond donors (Lipinski definition) is 3. The molecule has 0 spiro atoms. The van der Waals surface area contributed by atoms with E-state index in [0.717, 1.165) is 5.56 Å². The number of imide groups is 1. The Bertz CT molecular complexity index is 1150. The van der Waals surface area contributed by atoms with E-state index in [4.69, 9.17) is 11.6 Å². The van der Waals surface area contributed by atoms with Gasteiger partial charge in [-0.15, -0.1) is 0 Å². The van der Waals surface area contributed by atoms with Crippen molar-refractivity contribution < 1.29 is 19.2 Å². The molecule has 0 bridgehead atoms. The van der Waals surface area contributed by atoms with Gasteiger partial charge in [0.15, 0.2) is 0 Å². The molecule has 4 amide bonds. The number of aryl methyl sites for hydroxylation is 1. The van der Waals surface area contributed by atoms with Crippen molar-refractivity contribution in [2.24, 2.45) is 0 Å². The Balaban J connectivity index is 1.44. The minimum atomic E-state index is -0.458. The molecule has 2 aromatic carbocycles. The van der Waals surface area contributed by atoms with Gasteiger partial charge in [0.2, 0.25) is 5.91 Å². The summed E-state index contributed by atoms with van der Waals surface area (Å²) in [6.07, 6.45) is 1.94. The lowest BCUT2D eigenvalue weighted by molar-refractivity contribution is -0.141. The van der Waals surface area contributed by atoms with E-state index in [1.807, 2.05) is 13.0 Å². The molecular formula is C23H21ClN4O4. The normalized spacial score (nSPS) is 18.3. The molecular weight excluding hydrogens is 432 g/mol. The molecule has 0 aliphatic carbocycles. The first kappa shape index (κ1) is 21.6. The van der Waals surface area contributed by atoms with Crippen LogP contribution in [-0.4, -0.2) is 41.1 Å². The van der Waals surface area contributed by atoms with E-state index in [2.05, 4.69) is 16.0 Å². The quantitative estimate of drug-likeness (QED) is 0.604.